The minimum absolute atomic E-state index is 0. The summed E-state index contributed by atoms with van der Waals surface area (Å²) in [5.74, 6) is -0.0747. The van der Waals surface area contributed by atoms with Crippen molar-refractivity contribution in [2.24, 2.45) is 5.73 Å². The third-order valence-corrected chi connectivity index (χ3v) is 4.99. The number of hydrogen-bond acceptors (Lipinski definition) is 4. The highest BCUT2D eigenvalue weighted by Crippen LogP contribution is 2.23. The van der Waals surface area contributed by atoms with E-state index in [0.29, 0.717) is 13.0 Å². The standard InChI is InChI=1S/C12H16F2N2O3S.ClH/c13-12(14)19-10-3-5-11(6-4-10)20(17,18)16-7-1-2-9(15)8-16;/h3-6,9,12H,1-2,7-8,15H2;1H. The molecule has 0 saturated carbocycles. The molecule has 1 saturated heterocycles. The fourth-order valence-corrected chi connectivity index (χ4v) is 3.67. The summed E-state index contributed by atoms with van der Waals surface area (Å²) in [6.45, 7) is -2.24. The molecule has 5 nitrogen and oxygen atoms in total. The molecule has 0 amide bonds. The highest BCUT2D eigenvalue weighted by molar-refractivity contribution is 7.89. The number of nitrogens with zero attached hydrogens (tertiary/aromatic N) is 1. The highest BCUT2D eigenvalue weighted by Gasteiger charge is 2.28. The lowest BCUT2D eigenvalue weighted by atomic mass is 10.1. The molecule has 21 heavy (non-hydrogen) atoms. The smallest absolute Gasteiger partial charge is 0.387 e. The van der Waals surface area contributed by atoms with Gasteiger partial charge >= 0.3 is 6.61 Å². The van der Waals surface area contributed by atoms with E-state index in [1.807, 2.05) is 0 Å². The number of piperidine rings is 1. The zero-order valence-corrected chi connectivity index (χ0v) is 12.7. The molecule has 1 unspecified atom stereocenters. The Labute approximate surface area is 128 Å². The minimum Gasteiger partial charge on any atom is -0.435 e. The van der Waals surface area contributed by atoms with Gasteiger partial charge in [0.1, 0.15) is 5.75 Å². The van der Waals surface area contributed by atoms with Crippen molar-refractivity contribution in [2.75, 3.05) is 13.1 Å². The highest BCUT2D eigenvalue weighted by atomic mass is 35.5. The Bertz CT molecular complexity index is 554. The summed E-state index contributed by atoms with van der Waals surface area (Å²) in [5.41, 5.74) is 5.77. The van der Waals surface area contributed by atoms with Crippen LogP contribution in [0.5, 0.6) is 5.75 Å². The molecule has 1 atom stereocenters. The second-order valence-corrected chi connectivity index (χ2v) is 6.55. The maximum absolute atomic E-state index is 12.3. The van der Waals surface area contributed by atoms with Crippen molar-refractivity contribution in [3.8, 4) is 5.75 Å². The van der Waals surface area contributed by atoms with Crippen molar-refractivity contribution in [1.29, 1.82) is 0 Å². The van der Waals surface area contributed by atoms with E-state index in [-0.39, 0.29) is 35.6 Å². The van der Waals surface area contributed by atoms with Crippen molar-refractivity contribution in [3.05, 3.63) is 24.3 Å². The number of alkyl halides is 2. The van der Waals surface area contributed by atoms with Crippen LogP contribution in [0.25, 0.3) is 0 Å². The lowest BCUT2D eigenvalue weighted by Gasteiger charge is -2.29. The van der Waals surface area contributed by atoms with E-state index in [4.69, 9.17) is 5.73 Å². The SMILES string of the molecule is Cl.NC1CCCN(S(=O)(=O)c2ccc(OC(F)F)cc2)C1. The van der Waals surface area contributed by atoms with Gasteiger partial charge in [0.15, 0.2) is 0 Å². The second-order valence-electron chi connectivity index (χ2n) is 4.62. The molecule has 0 radical (unpaired) electrons. The largest absolute Gasteiger partial charge is 0.435 e. The lowest BCUT2D eigenvalue weighted by Crippen LogP contribution is -2.45. The van der Waals surface area contributed by atoms with Gasteiger partial charge in [-0.25, -0.2) is 8.42 Å². The normalized spacial score (nSPS) is 20.1. The van der Waals surface area contributed by atoms with Gasteiger partial charge in [-0.15, -0.1) is 12.4 Å². The number of nitrogens with two attached hydrogens (primary N) is 1. The fraction of sp³-hybridized carbons (Fsp3) is 0.500. The minimum atomic E-state index is -3.63. The number of sulfonamides is 1. The van der Waals surface area contributed by atoms with Crippen molar-refractivity contribution < 1.29 is 21.9 Å². The van der Waals surface area contributed by atoms with Crippen molar-refractivity contribution in [2.45, 2.75) is 30.4 Å². The van der Waals surface area contributed by atoms with Crippen LogP contribution in [0.3, 0.4) is 0 Å². The molecule has 0 aliphatic carbocycles. The van der Waals surface area contributed by atoms with Crippen molar-refractivity contribution in [3.63, 3.8) is 0 Å². The van der Waals surface area contributed by atoms with Crippen molar-refractivity contribution >= 4 is 22.4 Å². The first kappa shape index (κ1) is 18.1. The number of ether oxygens (including phenoxy) is 1. The zero-order chi connectivity index (χ0) is 14.8. The van der Waals surface area contributed by atoms with Crippen LogP contribution in [0.2, 0.25) is 0 Å². The zero-order valence-electron chi connectivity index (χ0n) is 11.1. The van der Waals surface area contributed by atoms with Crippen LogP contribution in [0.15, 0.2) is 29.2 Å². The lowest BCUT2D eigenvalue weighted by molar-refractivity contribution is -0.0498. The third kappa shape index (κ3) is 4.50. The molecule has 120 valence electrons. The van der Waals surface area contributed by atoms with E-state index in [1.165, 1.54) is 28.6 Å². The molecule has 1 aromatic carbocycles. The molecule has 1 fully saturated rings. The number of rotatable bonds is 4. The van der Waals surface area contributed by atoms with E-state index >= 15 is 0 Å². The topological polar surface area (TPSA) is 72.6 Å². The van der Waals surface area contributed by atoms with E-state index in [0.717, 1.165) is 6.42 Å². The molecule has 9 heteroatoms. The average Bonchev–Trinajstić information content (AvgIpc) is 2.38. The van der Waals surface area contributed by atoms with Crippen LogP contribution >= 0.6 is 12.4 Å². The first-order valence-electron chi connectivity index (χ1n) is 6.20. The van der Waals surface area contributed by atoms with Gasteiger partial charge in [-0.05, 0) is 37.1 Å². The summed E-state index contributed by atoms with van der Waals surface area (Å²) in [5, 5.41) is 0. The van der Waals surface area contributed by atoms with Crippen LogP contribution in [0, 0.1) is 0 Å². The monoisotopic (exact) mass is 342 g/mol. The molecule has 1 aromatic rings. The molecule has 2 N–H and O–H groups in total. The number of halogens is 3. The van der Waals surface area contributed by atoms with E-state index in [2.05, 4.69) is 4.74 Å². The Kier molecular flexibility index (Phi) is 6.33. The van der Waals surface area contributed by atoms with Gasteiger partial charge in [-0.2, -0.15) is 13.1 Å². The first-order chi connectivity index (χ1) is 9.39. The summed E-state index contributed by atoms with van der Waals surface area (Å²) in [6.07, 6.45) is 1.51. The molecule has 1 heterocycles. The van der Waals surface area contributed by atoms with Gasteiger partial charge in [0.2, 0.25) is 10.0 Å². The number of benzene rings is 1. The van der Waals surface area contributed by atoms with Gasteiger partial charge in [-0.1, -0.05) is 0 Å². The Morgan fingerprint density at radius 1 is 1.29 bits per heavy atom. The van der Waals surface area contributed by atoms with Crippen LogP contribution in [0.1, 0.15) is 12.8 Å². The Morgan fingerprint density at radius 3 is 2.43 bits per heavy atom. The Morgan fingerprint density at radius 2 is 1.90 bits per heavy atom. The molecule has 0 bridgehead atoms. The predicted molar refractivity (Wildman–Crippen MR) is 76.3 cm³/mol. The third-order valence-electron chi connectivity index (χ3n) is 3.11. The Hall–Kier alpha value is -0.960. The first-order valence-corrected chi connectivity index (χ1v) is 7.64. The maximum atomic E-state index is 12.3. The molecule has 0 spiro atoms. The fourth-order valence-electron chi connectivity index (χ4n) is 2.13. The molecule has 1 aliphatic rings. The Balaban J connectivity index is 0.00000220. The van der Waals surface area contributed by atoms with Crippen LogP contribution in [-0.2, 0) is 10.0 Å². The average molecular weight is 343 g/mol. The molecule has 2 rings (SSSR count). The maximum Gasteiger partial charge on any atom is 0.387 e. The van der Waals surface area contributed by atoms with Crippen LogP contribution in [-0.4, -0.2) is 38.5 Å². The van der Waals surface area contributed by atoms with Gasteiger partial charge in [0, 0.05) is 19.1 Å². The quantitative estimate of drug-likeness (QED) is 0.906. The van der Waals surface area contributed by atoms with Gasteiger partial charge in [0.05, 0.1) is 4.90 Å². The summed E-state index contributed by atoms with van der Waals surface area (Å²) in [4.78, 5) is 0.0493. The summed E-state index contributed by atoms with van der Waals surface area (Å²) in [7, 11) is -3.63. The van der Waals surface area contributed by atoms with Crippen molar-refractivity contribution in [1.82, 2.24) is 4.31 Å². The van der Waals surface area contributed by atoms with Gasteiger partial charge < -0.3 is 10.5 Å². The second kappa shape index (κ2) is 7.35. The van der Waals surface area contributed by atoms with E-state index in [1.54, 1.807) is 0 Å². The summed E-state index contributed by atoms with van der Waals surface area (Å²) < 4.78 is 54.3. The van der Waals surface area contributed by atoms with Crippen LogP contribution in [0.4, 0.5) is 8.78 Å². The molecular formula is C12H17ClF2N2O3S. The summed E-state index contributed by atoms with van der Waals surface area (Å²) in [6, 6.07) is 4.77. The molecule has 1 aliphatic heterocycles. The van der Waals surface area contributed by atoms with Gasteiger partial charge in [-0.3, -0.25) is 0 Å². The van der Waals surface area contributed by atoms with E-state index in [9.17, 15) is 17.2 Å². The number of hydrogen-bond donors (Lipinski definition) is 1. The predicted octanol–water partition coefficient (Wildman–Crippen LogP) is 1.82. The summed E-state index contributed by atoms with van der Waals surface area (Å²) >= 11 is 0. The van der Waals surface area contributed by atoms with Crippen LogP contribution < -0.4 is 10.5 Å². The van der Waals surface area contributed by atoms with Gasteiger partial charge in [0.25, 0.3) is 0 Å². The molecular weight excluding hydrogens is 326 g/mol. The van der Waals surface area contributed by atoms with E-state index < -0.39 is 16.6 Å². The molecule has 0 aromatic heterocycles.